The van der Waals surface area contributed by atoms with Gasteiger partial charge in [0.15, 0.2) is 17.5 Å². The molecule has 0 aliphatic rings. The van der Waals surface area contributed by atoms with E-state index < -0.39 is 17.5 Å². The van der Waals surface area contributed by atoms with Gasteiger partial charge < -0.3 is 11.1 Å². The van der Waals surface area contributed by atoms with Crippen LogP contribution in [0.3, 0.4) is 0 Å². The second kappa shape index (κ2) is 5.27. The van der Waals surface area contributed by atoms with Crippen molar-refractivity contribution in [2.45, 2.75) is 0 Å². The maximum absolute atomic E-state index is 13.4. The zero-order valence-electron chi connectivity index (χ0n) is 9.58. The Labute approximate surface area is 113 Å². The van der Waals surface area contributed by atoms with E-state index in [2.05, 4.69) is 5.32 Å². The average Bonchev–Trinajstić information content (AvgIpc) is 2.40. The summed E-state index contributed by atoms with van der Waals surface area (Å²) < 4.78 is 39.2. The van der Waals surface area contributed by atoms with Gasteiger partial charge in [0.25, 0.3) is 0 Å². The van der Waals surface area contributed by atoms with Crippen molar-refractivity contribution >= 4 is 28.6 Å². The van der Waals surface area contributed by atoms with E-state index >= 15 is 0 Å². The summed E-state index contributed by atoms with van der Waals surface area (Å²) in [7, 11) is 0. The Hall–Kier alpha value is -2.08. The van der Waals surface area contributed by atoms with Crippen molar-refractivity contribution in [3.8, 4) is 0 Å². The third kappa shape index (κ3) is 2.85. The van der Waals surface area contributed by atoms with E-state index in [1.807, 2.05) is 0 Å². The molecule has 3 N–H and O–H groups in total. The molecule has 2 aromatic rings. The smallest absolute Gasteiger partial charge is 0.196 e. The lowest BCUT2D eigenvalue weighted by molar-refractivity contribution is 0.449. The Morgan fingerprint density at radius 2 is 1.58 bits per heavy atom. The fourth-order valence-corrected chi connectivity index (χ4v) is 1.63. The van der Waals surface area contributed by atoms with E-state index in [0.29, 0.717) is 11.3 Å². The number of nitrogens with two attached hydrogens (primary N) is 1. The van der Waals surface area contributed by atoms with Crippen molar-refractivity contribution in [1.29, 1.82) is 0 Å². The number of anilines is 2. The van der Waals surface area contributed by atoms with Gasteiger partial charge >= 0.3 is 0 Å². The number of rotatable bonds is 3. The number of hydrogen-bond donors (Lipinski definition) is 2. The summed E-state index contributed by atoms with van der Waals surface area (Å²) in [5, 5.41) is 2.64. The van der Waals surface area contributed by atoms with Crippen LogP contribution < -0.4 is 11.1 Å². The predicted octanol–water partition coefficient (Wildman–Crippen LogP) is 3.48. The lowest BCUT2D eigenvalue weighted by atomic mass is 10.2. The van der Waals surface area contributed by atoms with Crippen LogP contribution in [0.25, 0.3) is 0 Å². The molecule has 98 valence electrons. The summed E-state index contributed by atoms with van der Waals surface area (Å²) in [6.45, 7) is 0. The first-order valence-corrected chi connectivity index (χ1v) is 5.70. The van der Waals surface area contributed by atoms with Crippen LogP contribution in [0.4, 0.5) is 24.5 Å². The van der Waals surface area contributed by atoms with Crippen LogP contribution in [0.2, 0.25) is 0 Å². The molecule has 0 aliphatic heterocycles. The third-order valence-electron chi connectivity index (χ3n) is 2.48. The summed E-state index contributed by atoms with van der Waals surface area (Å²) >= 11 is 4.79. The molecule has 19 heavy (non-hydrogen) atoms. The van der Waals surface area contributed by atoms with Gasteiger partial charge in [0.2, 0.25) is 0 Å². The molecule has 2 nitrogen and oxygen atoms in total. The fraction of sp³-hybridized carbons (Fsp3) is 0. The highest BCUT2D eigenvalue weighted by Gasteiger charge is 2.13. The van der Waals surface area contributed by atoms with Crippen molar-refractivity contribution in [2.75, 3.05) is 5.32 Å². The van der Waals surface area contributed by atoms with Crippen molar-refractivity contribution in [1.82, 2.24) is 0 Å². The highest BCUT2D eigenvalue weighted by atomic mass is 32.1. The third-order valence-corrected chi connectivity index (χ3v) is 2.72. The number of hydrogen-bond acceptors (Lipinski definition) is 2. The maximum Gasteiger partial charge on any atom is 0.196 e. The van der Waals surface area contributed by atoms with Gasteiger partial charge in [0.05, 0.1) is 5.69 Å². The topological polar surface area (TPSA) is 38.0 Å². The molecule has 0 atom stereocenters. The molecule has 2 aromatic carbocycles. The number of halogens is 3. The Morgan fingerprint density at radius 1 is 0.947 bits per heavy atom. The van der Waals surface area contributed by atoms with E-state index in [1.54, 1.807) is 24.3 Å². The van der Waals surface area contributed by atoms with Gasteiger partial charge in [-0.1, -0.05) is 12.2 Å². The second-order valence-corrected chi connectivity index (χ2v) is 4.23. The minimum atomic E-state index is -1.51. The average molecular weight is 282 g/mol. The van der Waals surface area contributed by atoms with Crippen LogP contribution in [0.1, 0.15) is 5.56 Å². The van der Waals surface area contributed by atoms with Gasteiger partial charge in [0, 0.05) is 11.3 Å². The molecule has 0 radical (unpaired) electrons. The molecule has 0 unspecified atom stereocenters. The molecule has 2 rings (SSSR count). The summed E-state index contributed by atoms with van der Waals surface area (Å²) in [6.07, 6.45) is 0. The normalized spacial score (nSPS) is 10.3. The monoisotopic (exact) mass is 282 g/mol. The molecule has 0 aromatic heterocycles. The summed E-state index contributed by atoms with van der Waals surface area (Å²) in [5.41, 5.74) is 6.45. The SMILES string of the molecule is NC(=S)c1ccc(Nc2ccc(F)c(F)c2F)cc1. The number of thiocarbonyl (C=S) groups is 1. The number of benzene rings is 2. The van der Waals surface area contributed by atoms with Gasteiger partial charge in [0.1, 0.15) is 4.99 Å². The van der Waals surface area contributed by atoms with E-state index in [4.69, 9.17) is 18.0 Å². The minimum absolute atomic E-state index is 0.151. The molecular weight excluding hydrogens is 273 g/mol. The Balaban J connectivity index is 2.26. The standard InChI is InChI=1S/C13H9F3N2S/c14-9-5-6-10(12(16)11(9)15)18-8-3-1-7(2-4-8)13(17)19/h1-6,18H,(H2,17,19). The van der Waals surface area contributed by atoms with Crippen LogP contribution in [-0.4, -0.2) is 4.99 Å². The second-order valence-electron chi connectivity index (χ2n) is 3.79. The van der Waals surface area contributed by atoms with Gasteiger partial charge in [-0.15, -0.1) is 0 Å². The molecule has 0 spiro atoms. The lowest BCUT2D eigenvalue weighted by Crippen LogP contribution is -2.08. The molecule has 6 heteroatoms. The van der Waals surface area contributed by atoms with Crippen LogP contribution in [0.5, 0.6) is 0 Å². The molecular formula is C13H9F3N2S. The largest absolute Gasteiger partial charge is 0.389 e. The van der Waals surface area contributed by atoms with Gasteiger partial charge in [-0.3, -0.25) is 0 Å². The van der Waals surface area contributed by atoms with Crippen LogP contribution >= 0.6 is 12.2 Å². The molecule has 0 saturated carbocycles. The number of nitrogens with one attached hydrogen (secondary N) is 1. The first-order valence-electron chi connectivity index (χ1n) is 5.29. The highest BCUT2D eigenvalue weighted by molar-refractivity contribution is 7.80. The maximum atomic E-state index is 13.4. The van der Waals surface area contributed by atoms with Crippen molar-refractivity contribution in [3.05, 3.63) is 59.4 Å². The zero-order chi connectivity index (χ0) is 14.0. The molecule has 0 fully saturated rings. The Morgan fingerprint density at radius 3 is 2.16 bits per heavy atom. The molecule has 0 aliphatic carbocycles. The van der Waals surface area contributed by atoms with Gasteiger partial charge in [-0.05, 0) is 36.4 Å². The first kappa shape index (κ1) is 13.4. The first-order chi connectivity index (χ1) is 8.99. The Kier molecular flexibility index (Phi) is 3.71. The van der Waals surface area contributed by atoms with Crippen molar-refractivity contribution in [2.24, 2.45) is 5.73 Å². The summed E-state index contributed by atoms with van der Waals surface area (Å²) in [6, 6.07) is 8.47. The van der Waals surface area contributed by atoms with Crippen molar-refractivity contribution in [3.63, 3.8) is 0 Å². The molecule has 0 bridgehead atoms. The summed E-state index contributed by atoms with van der Waals surface area (Å²) in [5.74, 6) is -4.00. The summed E-state index contributed by atoms with van der Waals surface area (Å²) in [4.78, 5) is 0.241. The van der Waals surface area contributed by atoms with Gasteiger partial charge in [-0.2, -0.15) is 0 Å². The van der Waals surface area contributed by atoms with Gasteiger partial charge in [-0.25, -0.2) is 13.2 Å². The van der Waals surface area contributed by atoms with Crippen molar-refractivity contribution < 1.29 is 13.2 Å². The van der Waals surface area contributed by atoms with E-state index in [1.165, 1.54) is 0 Å². The predicted molar refractivity (Wildman–Crippen MR) is 71.9 cm³/mol. The van der Waals surface area contributed by atoms with E-state index in [0.717, 1.165) is 12.1 Å². The molecule has 0 amide bonds. The highest BCUT2D eigenvalue weighted by Crippen LogP contribution is 2.23. The van der Waals surface area contributed by atoms with Crippen LogP contribution in [0, 0.1) is 17.5 Å². The molecule has 0 heterocycles. The lowest BCUT2D eigenvalue weighted by Gasteiger charge is -2.09. The zero-order valence-corrected chi connectivity index (χ0v) is 10.4. The van der Waals surface area contributed by atoms with Crippen LogP contribution in [-0.2, 0) is 0 Å². The molecule has 0 saturated heterocycles. The fourth-order valence-electron chi connectivity index (χ4n) is 1.50. The minimum Gasteiger partial charge on any atom is -0.389 e. The van der Waals surface area contributed by atoms with E-state index in [9.17, 15) is 13.2 Å². The van der Waals surface area contributed by atoms with Crippen LogP contribution in [0.15, 0.2) is 36.4 Å². The Bertz CT molecular complexity index is 627. The quantitative estimate of drug-likeness (QED) is 0.668. The van der Waals surface area contributed by atoms with E-state index in [-0.39, 0.29) is 10.7 Å².